The van der Waals surface area contributed by atoms with Gasteiger partial charge in [0.1, 0.15) is 18.2 Å². The second-order valence-corrected chi connectivity index (χ2v) is 11.2. The van der Waals surface area contributed by atoms with E-state index in [1.54, 1.807) is 30.3 Å². The number of hydrogen-bond acceptors (Lipinski definition) is 6. The number of fused-ring (bicyclic) bond motifs is 2. The minimum absolute atomic E-state index is 0.0880. The van der Waals surface area contributed by atoms with Crippen molar-refractivity contribution in [1.29, 1.82) is 0 Å². The second-order valence-electron chi connectivity index (χ2n) is 10.7. The number of nitrogens with zero attached hydrogens (tertiary/aromatic N) is 2. The molecule has 1 saturated heterocycles. The van der Waals surface area contributed by atoms with Crippen LogP contribution in [0.25, 0.3) is 16.6 Å². The van der Waals surface area contributed by atoms with Gasteiger partial charge in [-0.25, -0.2) is 14.2 Å². The van der Waals surface area contributed by atoms with Crippen molar-refractivity contribution in [2.24, 2.45) is 0 Å². The van der Waals surface area contributed by atoms with Gasteiger partial charge < -0.3 is 28.6 Å². The number of para-hydroxylation sites is 1. The maximum Gasteiger partial charge on any atom is 0.335 e. The van der Waals surface area contributed by atoms with Gasteiger partial charge in [0, 0.05) is 29.2 Å². The first-order valence-corrected chi connectivity index (χ1v) is 14.3. The average Bonchev–Trinajstić information content (AvgIpc) is 3.30. The van der Waals surface area contributed by atoms with E-state index < -0.39 is 17.9 Å². The summed E-state index contributed by atoms with van der Waals surface area (Å²) in [5, 5.41) is 9.83. The van der Waals surface area contributed by atoms with Crippen LogP contribution in [0.5, 0.6) is 11.5 Å². The molecule has 3 aromatic carbocycles. The van der Waals surface area contributed by atoms with E-state index in [2.05, 4.69) is 10.6 Å². The number of carboxylic acid groups (broad SMARTS) is 1. The Kier molecular flexibility index (Phi) is 7.09. The van der Waals surface area contributed by atoms with Crippen LogP contribution in [0.3, 0.4) is 0 Å². The first-order chi connectivity index (χ1) is 20.4. The summed E-state index contributed by atoms with van der Waals surface area (Å²) >= 11 is 5.94. The molecule has 8 nitrogen and oxygen atoms in total. The minimum Gasteiger partial charge on any atom is -0.485 e. The molecule has 0 amide bonds. The molecule has 0 saturated carbocycles. The molecule has 3 aliphatic rings. The van der Waals surface area contributed by atoms with E-state index in [9.17, 15) is 14.3 Å². The number of hydrogen-bond donors (Lipinski definition) is 1. The van der Waals surface area contributed by atoms with Crippen molar-refractivity contribution in [3.8, 4) is 11.5 Å². The molecular formula is C32H28ClFN2O6. The molecule has 7 rings (SSSR count). The summed E-state index contributed by atoms with van der Waals surface area (Å²) in [5.74, 6) is 0.601. The molecule has 42 heavy (non-hydrogen) atoms. The van der Waals surface area contributed by atoms with Crippen molar-refractivity contribution >= 4 is 34.2 Å². The number of rotatable bonds is 7. The standard InChI is InChI=1S/C32H28ClFN2O6/c33-20-6-8-24(25(34)13-20)29-17-41-28-3-1-2-23(31(28)42-29)19-4-7-21(40-16-19)14-30-35-26-9-5-18(32(37)38)12-27(26)36(30)15-22-10-11-39-22/h1-6,8-9,12-13,21-22,29H,7,10-11,14-17H2,(H,37,38)/t21?,22-,29?/m0/s1. The predicted molar refractivity (Wildman–Crippen MR) is 154 cm³/mol. The van der Waals surface area contributed by atoms with Crippen LogP contribution >= 0.6 is 11.6 Å². The number of benzene rings is 3. The molecule has 1 N–H and O–H groups in total. The summed E-state index contributed by atoms with van der Waals surface area (Å²) in [4.78, 5) is 16.4. The van der Waals surface area contributed by atoms with Crippen molar-refractivity contribution in [2.75, 3.05) is 19.8 Å². The van der Waals surface area contributed by atoms with Gasteiger partial charge in [-0.15, -0.1) is 0 Å². The summed E-state index contributed by atoms with van der Waals surface area (Å²) in [6.45, 7) is 1.90. The molecule has 10 heteroatoms. The fraction of sp³-hybridized carbons (Fsp3) is 0.312. The van der Waals surface area contributed by atoms with Gasteiger partial charge in [0.15, 0.2) is 17.6 Å². The van der Waals surface area contributed by atoms with Crippen molar-refractivity contribution in [3.05, 3.63) is 94.0 Å². The van der Waals surface area contributed by atoms with Crippen LogP contribution in [0.1, 0.15) is 46.3 Å². The largest absolute Gasteiger partial charge is 0.485 e. The van der Waals surface area contributed by atoms with E-state index in [0.29, 0.717) is 48.1 Å². The molecule has 0 aliphatic carbocycles. The first-order valence-electron chi connectivity index (χ1n) is 14.0. The molecular weight excluding hydrogens is 563 g/mol. The molecule has 216 valence electrons. The molecule has 0 bridgehead atoms. The fourth-order valence-electron chi connectivity index (χ4n) is 5.70. The monoisotopic (exact) mass is 590 g/mol. The number of carbonyl (C=O) groups is 1. The number of imidazole rings is 1. The third-order valence-electron chi connectivity index (χ3n) is 8.05. The van der Waals surface area contributed by atoms with Gasteiger partial charge in [0.2, 0.25) is 0 Å². The Morgan fingerprint density at radius 1 is 1.12 bits per heavy atom. The maximum absolute atomic E-state index is 14.6. The van der Waals surface area contributed by atoms with Crippen molar-refractivity contribution in [2.45, 2.75) is 44.1 Å². The summed E-state index contributed by atoms with van der Waals surface area (Å²) in [7, 11) is 0. The summed E-state index contributed by atoms with van der Waals surface area (Å²) in [6, 6.07) is 15.3. The molecule has 1 fully saturated rings. The third kappa shape index (κ3) is 5.12. The van der Waals surface area contributed by atoms with E-state index in [0.717, 1.165) is 41.0 Å². The molecule has 3 aliphatic heterocycles. The lowest BCUT2D eigenvalue weighted by atomic mass is 9.98. The van der Waals surface area contributed by atoms with E-state index >= 15 is 0 Å². The summed E-state index contributed by atoms with van der Waals surface area (Å²) in [6.07, 6.45) is 3.69. The van der Waals surface area contributed by atoms with Crippen molar-refractivity contribution < 1.29 is 33.2 Å². The van der Waals surface area contributed by atoms with Crippen LogP contribution in [0, 0.1) is 5.82 Å². The van der Waals surface area contributed by atoms with Gasteiger partial charge >= 0.3 is 5.97 Å². The lowest BCUT2D eigenvalue weighted by Crippen LogP contribution is -2.32. The molecule has 0 spiro atoms. The smallest absolute Gasteiger partial charge is 0.335 e. The topological polar surface area (TPSA) is 92.0 Å². The van der Waals surface area contributed by atoms with Crippen molar-refractivity contribution in [1.82, 2.24) is 9.55 Å². The number of ether oxygens (including phenoxy) is 4. The maximum atomic E-state index is 14.6. The Balaban J connectivity index is 1.12. The van der Waals surface area contributed by atoms with E-state index in [1.165, 1.54) is 6.07 Å². The summed E-state index contributed by atoms with van der Waals surface area (Å²) < 4.78 is 41.0. The van der Waals surface area contributed by atoms with Crippen LogP contribution in [0.15, 0.2) is 60.7 Å². The Hall–Kier alpha value is -3.92. The lowest BCUT2D eigenvalue weighted by molar-refractivity contribution is -0.0592. The predicted octanol–water partition coefficient (Wildman–Crippen LogP) is 6.24. The van der Waals surface area contributed by atoms with Gasteiger partial charge in [-0.3, -0.25) is 0 Å². The lowest BCUT2D eigenvalue weighted by Gasteiger charge is -2.30. The molecule has 0 radical (unpaired) electrons. The molecule has 1 aromatic heterocycles. The van der Waals surface area contributed by atoms with Gasteiger partial charge in [0.05, 0.1) is 42.0 Å². The zero-order valence-corrected chi connectivity index (χ0v) is 23.4. The Labute approximate surface area is 246 Å². The highest BCUT2D eigenvalue weighted by Crippen LogP contribution is 2.43. The zero-order valence-electron chi connectivity index (χ0n) is 22.6. The normalized spacial score (nSPS) is 21.6. The molecule has 4 aromatic rings. The van der Waals surface area contributed by atoms with E-state index in [-0.39, 0.29) is 24.4 Å². The number of halogens is 2. The van der Waals surface area contributed by atoms with Gasteiger partial charge in [0.25, 0.3) is 0 Å². The highest BCUT2D eigenvalue weighted by molar-refractivity contribution is 6.30. The van der Waals surface area contributed by atoms with E-state index in [4.69, 9.17) is 35.5 Å². The highest BCUT2D eigenvalue weighted by Gasteiger charge is 2.30. The average molecular weight is 591 g/mol. The number of aromatic carboxylic acids is 1. The summed E-state index contributed by atoms with van der Waals surface area (Å²) in [5.41, 5.74) is 3.96. The van der Waals surface area contributed by atoms with E-state index in [1.807, 2.05) is 18.2 Å². The third-order valence-corrected chi connectivity index (χ3v) is 8.29. The van der Waals surface area contributed by atoms with Gasteiger partial charge in [-0.05, 0) is 54.8 Å². The highest BCUT2D eigenvalue weighted by atomic mass is 35.5. The van der Waals surface area contributed by atoms with Crippen LogP contribution < -0.4 is 9.47 Å². The first kappa shape index (κ1) is 26.9. The zero-order chi connectivity index (χ0) is 28.8. The van der Waals surface area contributed by atoms with Gasteiger partial charge in [-0.2, -0.15) is 0 Å². The second kappa shape index (κ2) is 11.1. The van der Waals surface area contributed by atoms with Crippen LogP contribution in [-0.4, -0.2) is 52.7 Å². The molecule has 2 unspecified atom stereocenters. The Morgan fingerprint density at radius 2 is 2.00 bits per heavy atom. The fourth-order valence-corrected chi connectivity index (χ4v) is 5.86. The van der Waals surface area contributed by atoms with Crippen LogP contribution in [0.2, 0.25) is 5.02 Å². The van der Waals surface area contributed by atoms with Crippen LogP contribution in [0.4, 0.5) is 4.39 Å². The minimum atomic E-state index is -0.971. The Morgan fingerprint density at radius 3 is 2.74 bits per heavy atom. The number of carboxylic acids is 1. The van der Waals surface area contributed by atoms with Crippen molar-refractivity contribution in [3.63, 3.8) is 0 Å². The number of aromatic nitrogens is 2. The van der Waals surface area contributed by atoms with Gasteiger partial charge in [-0.1, -0.05) is 35.9 Å². The van der Waals surface area contributed by atoms with Crippen LogP contribution in [-0.2, 0) is 22.4 Å². The quantitative estimate of drug-likeness (QED) is 0.272. The Bertz CT molecular complexity index is 1710. The SMILES string of the molecule is O=C(O)c1ccc2nc(CC3CC=C(c4cccc5c4OC(c4ccc(Cl)cc4F)CO5)CO3)n(C[C@@H]3CCO3)c2c1. The molecule has 4 heterocycles. The molecule has 3 atom stereocenters.